The number of imidazole rings is 1. The van der Waals surface area contributed by atoms with E-state index in [0.717, 1.165) is 5.69 Å². The second kappa shape index (κ2) is 8.20. The number of nitrogens with one attached hydrogen (secondary N) is 1. The molecule has 0 radical (unpaired) electrons. The predicted molar refractivity (Wildman–Crippen MR) is 104 cm³/mol. The van der Waals surface area contributed by atoms with Gasteiger partial charge in [0.05, 0.1) is 20.7 Å². The lowest BCUT2D eigenvalue weighted by Gasteiger charge is -1.99. The van der Waals surface area contributed by atoms with Gasteiger partial charge in [-0.2, -0.15) is 0 Å². The third-order valence-corrected chi connectivity index (χ3v) is 4.22. The number of aromatic nitrogens is 2. The van der Waals surface area contributed by atoms with Gasteiger partial charge in [0.25, 0.3) is 5.69 Å². The summed E-state index contributed by atoms with van der Waals surface area (Å²) in [7, 11) is 0. The molecule has 0 aliphatic carbocycles. The van der Waals surface area contributed by atoms with Crippen LogP contribution in [0.25, 0.3) is 11.7 Å². The second-order valence-corrected chi connectivity index (χ2v) is 6.54. The minimum atomic E-state index is -0.472. The molecule has 0 atom stereocenters. The summed E-state index contributed by atoms with van der Waals surface area (Å²) < 4.78 is 1.75. The fourth-order valence-corrected chi connectivity index (χ4v) is 2.97. The van der Waals surface area contributed by atoms with E-state index in [1.165, 1.54) is 18.2 Å². The summed E-state index contributed by atoms with van der Waals surface area (Å²) >= 11 is 12.1. The lowest BCUT2D eigenvalue weighted by Crippen LogP contribution is -2.23. The van der Waals surface area contributed by atoms with E-state index < -0.39 is 4.92 Å². The molecular formula is C18H14Cl2N4O3. The number of non-ortho nitro benzene ring substituents is 1. The number of rotatable bonds is 6. The van der Waals surface area contributed by atoms with Crippen LogP contribution in [0, 0.1) is 10.1 Å². The van der Waals surface area contributed by atoms with Gasteiger partial charge in [-0.05, 0) is 29.8 Å². The molecule has 0 unspecified atom stereocenters. The van der Waals surface area contributed by atoms with E-state index in [0.29, 0.717) is 34.2 Å². The fourth-order valence-electron chi connectivity index (χ4n) is 2.45. The molecule has 1 amide bonds. The first-order valence-corrected chi connectivity index (χ1v) is 8.71. The van der Waals surface area contributed by atoms with Gasteiger partial charge in [-0.3, -0.25) is 14.9 Å². The molecule has 2 heterocycles. The average Bonchev–Trinajstić information content (AvgIpc) is 3.03. The summed E-state index contributed by atoms with van der Waals surface area (Å²) in [6, 6.07) is 7.55. The van der Waals surface area contributed by atoms with Crippen LogP contribution in [0.4, 0.5) is 5.69 Å². The number of pyridine rings is 1. The third-order valence-electron chi connectivity index (χ3n) is 3.73. The molecule has 0 spiro atoms. The number of carbonyl (C=O) groups excluding carboxylic acids is 1. The van der Waals surface area contributed by atoms with Crippen molar-refractivity contribution in [2.24, 2.45) is 0 Å². The van der Waals surface area contributed by atoms with Crippen molar-refractivity contribution in [1.29, 1.82) is 0 Å². The highest BCUT2D eigenvalue weighted by Gasteiger charge is 2.07. The zero-order valence-corrected chi connectivity index (χ0v) is 15.4. The molecule has 3 rings (SSSR count). The molecule has 7 nitrogen and oxygen atoms in total. The van der Waals surface area contributed by atoms with Crippen molar-refractivity contribution in [3.8, 4) is 0 Å². The van der Waals surface area contributed by atoms with Crippen LogP contribution in [-0.4, -0.2) is 26.8 Å². The number of carbonyl (C=O) groups is 1. The molecule has 1 aromatic carbocycles. The highest BCUT2D eigenvalue weighted by molar-refractivity contribution is 6.36. The zero-order valence-electron chi connectivity index (χ0n) is 13.9. The molecule has 0 aliphatic heterocycles. The van der Waals surface area contributed by atoms with Crippen molar-refractivity contribution in [3.63, 3.8) is 0 Å². The Kier molecular flexibility index (Phi) is 5.73. The van der Waals surface area contributed by atoms with Gasteiger partial charge in [0.15, 0.2) is 5.65 Å². The number of nitrogens with zero attached hydrogens (tertiary/aromatic N) is 3. The van der Waals surface area contributed by atoms with Crippen LogP contribution >= 0.6 is 23.2 Å². The van der Waals surface area contributed by atoms with Crippen LogP contribution < -0.4 is 5.32 Å². The standard InChI is InChI=1S/C18H14Cl2N4O3/c19-13-9-16(20)18-22-14(11-23(18)10-13)7-8-21-17(25)6-3-12-1-4-15(5-2-12)24(26)27/h1-6,9-11H,7-8H2,(H,21,25)/b6-3+. The number of nitro groups is 1. The van der Waals surface area contributed by atoms with E-state index in [4.69, 9.17) is 23.2 Å². The van der Waals surface area contributed by atoms with Crippen LogP contribution in [-0.2, 0) is 11.2 Å². The largest absolute Gasteiger partial charge is 0.352 e. The molecule has 9 heteroatoms. The minimum Gasteiger partial charge on any atom is -0.352 e. The molecule has 0 fully saturated rings. The minimum absolute atomic E-state index is 0.00504. The van der Waals surface area contributed by atoms with E-state index >= 15 is 0 Å². The molecule has 0 bridgehead atoms. The van der Waals surface area contributed by atoms with Crippen molar-refractivity contribution in [2.75, 3.05) is 6.54 Å². The molecule has 0 saturated heterocycles. The molecule has 0 saturated carbocycles. The number of nitro benzene ring substituents is 1. The number of amides is 1. The Bertz CT molecular complexity index is 1030. The number of fused-ring (bicyclic) bond motifs is 1. The van der Waals surface area contributed by atoms with E-state index in [2.05, 4.69) is 10.3 Å². The van der Waals surface area contributed by atoms with E-state index in [-0.39, 0.29) is 11.6 Å². The van der Waals surface area contributed by atoms with Crippen molar-refractivity contribution >= 4 is 46.5 Å². The van der Waals surface area contributed by atoms with E-state index in [9.17, 15) is 14.9 Å². The summed E-state index contributed by atoms with van der Waals surface area (Å²) in [6.07, 6.45) is 7.02. The van der Waals surface area contributed by atoms with Gasteiger partial charge >= 0.3 is 0 Å². The van der Waals surface area contributed by atoms with Crippen LogP contribution in [0.5, 0.6) is 0 Å². The highest BCUT2D eigenvalue weighted by Crippen LogP contribution is 2.21. The number of hydrogen-bond acceptors (Lipinski definition) is 4. The van der Waals surface area contributed by atoms with Gasteiger partial charge in [-0.1, -0.05) is 23.2 Å². The number of hydrogen-bond donors (Lipinski definition) is 1. The Labute approximate surface area is 164 Å². The molecular weight excluding hydrogens is 391 g/mol. The van der Waals surface area contributed by atoms with Gasteiger partial charge in [-0.15, -0.1) is 0 Å². The van der Waals surface area contributed by atoms with Crippen molar-refractivity contribution < 1.29 is 9.72 Å². The summed E-state index contributed by atoms with van der Waals surface area (Å²) in [5.41, 5.74) is 2.09. The topological polar surface area (TPSA) is 89.5 Å². The first-order chi connectivity index (χ1) is 12.9. The molecule has 138 valence electrons. The van der Waals surface area contributed by atoms with Gasteiger partial charge in [0.1, 0.15) is 0 Å². The second-order valence-electron chi connectivity index (χ2n) is 5.69. The predicted octanol–water partition coefficient (Wildman–Crippen LogP) is 3.92. The lowest BCUT2D eigenvalue weighted by atomic mass is 10.2. The summed E-state index contributed by atoms with van der Waals surface area (Å²) in [6.45, 7) is 0.401. The van der Waals surface area contributed by atoms with Crippen LogP contribution in [0.1, 0.15) is 11.3 Å². The van der Waals surface area contributed by atoms with Crippen molar-refractivity contribution in [2.45, 2.75) is 6.42 Å². The quantitative estimate of drug-likeness (QED) is 0.382. The van der Waals surface area contributed by atoms with Crippen LogP contribution in [0.3, 0.4) is 0 Å². The van der Waals surface area contributed by atoms with E-state index in [1.54, 1.807) is 34.9 Å². The van der Waals surface area contributed by atoms with Crippen LogP contribution in [0.15, 0.2) is 48.8 Å². The monoisotopic (exact) mass is 404 g/mol. The molecule has 3 aromatic rings. The Balaban J connectivity index is 1.53. The Morgan fingerprint density at radius 2 is 2.00 bits per heavy atom. The first-order valence-electron chi connectivity index (χ1n) is 7.95. The summed E-state index contributed by atoms with van der Waals surface area (Å²) in [5.74, 6) is -0.266. The first kappa shape index (κ1) is 18.9. The molecule has 1 N–H and O–H groups in total. The van der Waals surface area contributed by atoms with Gasteiger partial charge in [0, 0.05) is 43.6 Å². The van der Waals surface area contributed by atoms with Crippen molar-refractivity contribution in [3.05, 3.63) is 80.2 Å². The summed E-state index contributed by atoms with van der Waals surface area (Å²) in [5, 5.41) is 14.3. The number of benzene rings is 1. The van der Waals surface area contributed by atoms with Gasteiger partial charge < -0.3 is 9.72 Å². The molecule has 2 aromatic heterocycles. The Morgan fingerprint density at radius 1 is 1.26 bits per heavy atom. The maximum absolute atomic E-state index is 11.9. The smallest absolute Gasteiger partial charge is 0.269 e. The van der Waals surface area contributed by atoms with Gasteiger partial charge in [-0.25, -0.2) is 4.98 Å². The Morgan fingerprint density at radius 3 is 2.70 bits per heavy atom. The maximum Gasteiger partial charge on any atom is 0.269 e. The SMILES string of the molecule is O=C(/C=C/c1ccc([N+](=O)[O-])cc1)NCCc1cn2cc(Cl)cc(Cl)c2n1. The van der Waals surface area contributed by atoms with Gasteiger partial charge in [0.2, 0.25) is 5.91 Å². The maximum atomic E-state index is 11.9. The van der Waals surface area contributed by atoms with E-state index in [1.807, 2.05) is 6.20 Å². The molecule has 27 heavy (non-hydrogen) atoms. The molecule has 0 aliphatic rings. The lowest BCUT2D eigenvalue weighted by molar-refractivity contribution is -0.384. The van der Waals surface area contributed by atoms with Crippen molar-refractivity contribution in [1.82, 2.24) is 14.7 Å². The third kappa shape index (κ3) is 4.84. The highest BCUT2D eigenvalue weighted by atomic mass is 35.5. The van der Waals surface area contributed by atoms with Crippen LogP contribution in [0.2, 0.25) is 10.0 Å². The normalized spacial score (nSPS) is 11.2. The summed E-state index contributed by atoms with van der Waals surface area (Å²) in [4.78, 5) is 26.4. The number of halogens is 2. The average molecular weight is 405 g/mol. The zero-order chi connectivity index (χ0) is 19.4. The fraction of sp³-hybridized carbons (Fsp3) is 0.111. The Hall–Kier alpha value is -2.90.